The highest BCUT2D eigenvalue weighted by molar-refractivity contribution is 7.91. The van der Waals surface area contributed by atoms with E-state index in [2.05, 4.69) is 33.6 Å². The molecule has 0 saturated carbocycles. The zero-order valence-corrected chi connectivity index (χ0v) is 19.9. The van der Waals surface area contributed by atoms with Crippen LogP contribution in [0.5, 0.6) is 0 Å². The Hall–Kier alpha value is -2.97. The molecule has 0 bridgehead atoms. The number of rotatable bonds is 7. The van der Waals surface area contributed by atoms with Crippen LogP contribution in [0.15, 0.2) is 60.9 Å². The van der Waals surface area contributed by atoms with Crippen LogP contribution in [0.4, 0.5) is 5.69 Å². The first-order chi connectivity index (χ1) is 15.8. The summed E-state index contributed by atoms with van der Waals surface area (Å²) in [5, 5.41) is 3.00. The number of hydrogen-bond donors (Lipinski definition) is 1. The fraction of sp³-hybridized carbons (Fsp3) is 0.360. The van der Waals surface area contributed by atoms with E-state index in [-0.39, 0.29) is 17.4 Å². The molecular weight excluding hydrogens is 436 g/mol. The molecule has 1 aliphatic heterocycles. The van der Waals surface area contributed by atoms with Crippen LogP contribution in [-0.2, 0) is 22.9 Å². The Morgan fingerprint density at radius 1 is 1.03 bits per heavy atom. The van der Waals surface area contributed by atoms with E-state index in [0.717, 1.165) is 22.6 Å². The number of benzene rings is 2. The van der Waals surface area contributed by atoms with Crippen molar-refractivity contribution in [3.8, 4) is 0 Å². The topological polar surface area (TPSA) is 84.3 Å². The molecule has 1 amide bonds. The predicted molar refractivity (Wildman–Crippen MR) is 130 cm³/mol. The van der Waals surface area contributed by atoms with Gasteiger partial charge in [0.25, 0.3) is 5.91 Å². The van der Waals surface area contributed by atoms with E-state index < -0.39 is 9.84 Å². The Kier molecular flexibility index (Phi) is 6.95. The van der Waals surface area contributed by atoms with Gasteiger partial charge in [0, 0.05) is 55.7 Å². The summed E-state index contributed by atoms with van der Waals surface area (Å²) < 4.78 is 25.4. The minimum Gasteiger partial charge on any atom is -0.330 e. The summed E-state index contributed by atoms with van der Waals surface area (Å²) in [6.07, 6.45) is 3.79. The van der Waals surface area contributed by atoms with Crippen LogP contribution in [0.1, 0.15) is 47.1 Å². The van der Waals surface area contributed by atoms with Crippen molar-refractivity contribution >= 4 is 21.4 Å². The number of carbonyl (C=O) groups excluding carboxylic acids is 1. The highest BCUT2D eigenvalue weighted by atomic mass is 32.2. The van der Waals surface area contributed by atoms with Gasteiger partial charge in [-0.2, -0.15) is 0 Å². The minimum absolute atomic E-state index is 0.166. The molecule has 0 spiro atoms. The monoisotopic (exact) mass is 466 g/mol. The molecule has 2 heterocycles. The van der Waals surface area contributed by atoms with Gasteiger partial charge in [0.1, 0.15) is 5.82 Å². The van der Waals surface area contributed by atoms with Gasteiger partial charge < -0.3 is 9.88 Å². The number of carbonyl (C=O) groups is 1. The molecule has 0 aliphatic carbocycles. The van der Waals surface area contributed by atoms with Gasteiger partial charge in [-0.15, -0.1) is 0 Å². The largest absolute Gasteiger partial charge is 0.330 e. The summed E-state index contributed by atoms with van der Waals surface area (Å²) >= 11 is 0. The maximum atomic E-state index is 12.9. The smallest absolute Gasteiger partial charge is 0.255 e. The number of imidazole rings is 1. The third-order valence-corrected chi connectivity index (χ3v) is 7.44. The van der Waals surface area contributed by atoms with Gasteiger partial charge in [0.2, 0.25) is 0 Å². The Bertz CT molecular complexity index is 1220. The van der Waals surface area contributed by atoms with Crippen LogP contribution in [-0.4, -0.2) is 53.4 Å². The molecule has 174 valence electrons. The van der Waals surface area contributed by atoms with E-state index in [1.807, 2.05) is 54.9 Å². The molecule has 1 saturated heterocycles. The molecule has 4 rings (SSSR count). The van der Waals surface area contributed by atoms with Crippen LogP contribution >= 0.6 is 0 Å². The van der Waals surface area contributed by atoms with E-state index in [1.54, 1.807) is 6.07 Å². The molecule has 3 aromatic rings. The number of nitrogens with zero attached hydrogens (tertiary/aromatic N) is 3. The van der Waals surface area contributed by atoms with Gasteiger partial charge in [0.05, 0.1) is 11.5 Å². The van der Waals surface area contributed by atoms with Crippen LogP contribution < -0.4 is 5.32 Å². The molecule has 8 heteroatoms. The standard InChI is InChI=1S/C25H30N4O3S/c1-19(2)24-26-9-10-29(24)18-21-6-4-8-23(16-21)27-25(30)22-7-3-5-20(15-22)17-28-11-13-33(31,32)14-12-28/h3-10,15-16,19H,11-14,17-18H2,1-2H3,(H,27,30). The second kappa shape index (κ2) is 9.89. The third-order valence-electron chi connectivity index (χ3n) is 5.83. The number of anilines is 1. The van der Waals surface area contributed by atoms with E-state index in [9.17, 15) is 13.2 Å². The van der Waals surface area contributed by atoms with Gasteiger partial charge in [-0.05, 0) is 35.4 Å². The summed E-state index contributed by atoms with van der Waals surface area (Å²) in [5.74, 6) is 1.60. The fourth-order valence-corrected chi connectivity index (χ4v) is 5.36. The van der Waals surface area contributed by atoms with Crippen molar-refractivity contribution in [1.29, 1.82) is 0 Å². The molecule has 0 radical (unpaired) electrons. The lowest BCUT2D eigenvalue weighted by atomic mass is 10.1. The Morgan fingerprint density at radius 2 is 1.73 bits per heavy atom. The van der Waals surface area contributed by atoms with E-state index >= 15 is 0 Å². The lowest BCUT2D eigenvalue weighted by molar-refractivity contribution is 0.102. The van der Waals surface area contributed by atoms with Crippen molar-refractivity contribution in [3.05, 3.63) is 83.4 Å². The maximum absolute atomic E-state index is 12.9. The maximum Gasteiger partial charge on any atom is 0.255 e. The van der Waals surface area contributed by atoms with Crippen molar-refractivity contribution in [3.63, 3.8) is 0 Å². The fourth-order valence-electron chi connectivity index (χ4n) is 4.08. The molecule has 0 atom stereocenters. The predicted octanol–water partition coefficient (Wildman–Crippen LogP) is 3.54. The minimum atomic E-state index is -2.90. The van der Waals surface area contributed by atoms with E-state index in [1.165, 1.54) is 0 Å². The summed E-state index contributed by atoms with van der Waals surface area (Å²) in [7, 11) is -2.90. The van der Waals surface area contributed by atoms with Gasteiger partial charge in [-0.1, -0.05) is 38.1 Å². The van der Waals surface area contributed by atoms with Crippen LogP contribution in [0, 0.1) is 0 Å². The highest BCUT2D eigenvalue weighted by Gasteiger charge is 2.21. The van der Waals surface area contributed by atoms with Crippen LogP contribution in [0.25, 0.3) is 0 Å². The first-order valence-corrected chi connectivity index (χ1v) is 13.0. The molecular formula is C25H30N4O3S. The summed E-state index contributed by atoms with van der Waals surface area (Å²) in [5.41, 5.74) is 3.41. The molecule has 2 aromatic carbocycles. The van der Waals surface area contributed by atoms with Crippen molar-refractivity contribution in [2.75, 3.05) is 29.9 Å². The average Bonchev–Trinajstić information content (AvgIpc) is 3.24. The van der Waals surface area contributed by atoms with Crippen LogP contribution in [0.3, 0.4) is 0 Å². The molecule has 1 fully saturated rings. The number of nitrogens with one attached hydrogen (secondary N) is 1. The summed E-state index contributed by atoms with van der Waals surface area (Å²) in [6.45, 7) is 6.63. The lowest BCUT2D eigenvalue weighted by Gasteiger charge is -2.26. The van der Waals surface area contributed by atoms with E-state index in [4.69, 9.17) is 0 Å². The van der Waals surface area contributed by atoms with Gasteiger partial charge in [-0.25, -0.2) is 13.4 Å². The number of amides is 1. The molecule has 0 unspecified atom stereocenters. The second-order valence-electron chi connectivity index (χ2n) is 8.85. The summed E-state index contributed by atoms with van der Waals surface area (Å²) in [6, 6.07) is 15.4. The van der Waals surface area contributed by atoms with Crippen LogP contribution in [0.2, 0.25) is 0 Å². The zero-order valence-electron chi connectivity index (χ0n) is 19.1. The lowest BCUT2D eigenvalue weighted by Crippen LogP contribution is -2.39. The molecule has 1 aromatic heterocycles. The SMILES string of the molecule is CC(C)c1nccn1Cc1cccc(NC(=O)c2cccc(CN3CCS(=O)(=O)CC3)c2)c1. The van der Waals surface area contributed by atoms with Crippen molar-refractivity contribution in [1.82, 2.24) is 14.5 Å². The Labute approximate surface area is 195 Å². The first kappa shape index (κ1) is 23.2. The summed E-state index contributed by atoms with van der Waals surface area (Å²) in [4.78, 5) is 19.4. The normalized spacial score (nSPS) is 16.1. The number of sulfone groups is 1. The number of hydrogen-bond acceptors (Lipinski definition) is 5. The van der Waals surface area contributed by atoms with Gasteiger partial charge in [0.15, 0.2) is 9.84 Å². The molecule has 1 N–H and O–H groups in total. The molecule has 7 nitrogen and oxygen atoms in total. The Morgan fingerprint density at radius 3 is 2.45 bits per heavy atom. The average molecular weight is 467 g/mol. The van der Waals surface area contributed by atoms with Crippen molar-refractivity contribution < 1.29 is 13.2 Å². The molecule has 1 aliphatic rings. The molecule has 33 heavy (non-hydrogen) atoms. The van der Waals surface area contributed by atoms with Crippen molar-refractivity contribution in [2.45, 2.75) is 32.9 Å². The van der Waals surface area contributed by atoms with Gasteiger partial charge in [-0.3, -0.25) is 9.69 Å². The van der Waals surface area contributed by atoms with Crippen molar-refractivity contribution in [2.24, 2.45) is 0 Å². The first-order valence-electron chi connectivity index (χ1n) is 11.2. The third kappa shape index (κ3) is 6.09. The van der Waals surface area contributed by atoms with E-state index in [0.29, 0.717) is 37.7 Å². The zero-order chi connectivity index (χ0) is 23.4. The number of aromatic nitrogens is 2. The quantitative estimate of drug-likeness (QED) is 0.576. The van der Waals surface area contributed by atoms with Gasteiger partial charge >= 0.3 is 0 Å². The highest BCUT2D eigenvalue weighted by Crippen LogP contribution is 2.18. The Balaban J connectivity index is 1.41. The second-order valence-corrected chi connectivity index (χ2v) is 11.2.